The van der Waals surface area contributed by atoms with E-state index < -0.39 is 16.4 Å². The number of aromatic nitrogens is 2. The van der Waals surface area contributed by atoms with Gasteiger partial charge in [-0.1, -0.05) is 17.7 Å². The number of nitrogens with two attached hydrogens (primary N) is 1. The van der Waals surface area contributed by atoms with E-state index in [0.29, 0.717) is 40.7 Å². The Bertz CT molecular complexity index is 1510. The van der Waals surface area contributed by atoms with Crippen molar-refractivity contribution in [1.82, 2.24) is 14.9 Å². The summed E-state index contributed by atoms with van der Waals surface area (Å²) in [5.41, 5.74) is 3.88. The van der Waals surface area contributed by atoms with Gasteiger partial charge in [0.2, 0.25) is 5.78 Å². The lowest BCUT2D eigenvalue weighted by molar-refractivity contribution is 0.100. The fraction of sp³-hybridized carbons (Fsp3) is 0.444. The third-order valence-corrected chi connectivity index (χ3v) is 9.53. The number of aliphatic hydroxyl groups excluding tert-OH is 1. The zero-order chi connectivity index (χ0) is 28.6. The van der Waals surface area contributed by atoms with E-state index in [2.05, 4.69) is 37.5 Å². The summed E-state index contributed by atoms with van der Waals surface area (Å²) >= 11 is 7.81. The van der Waals surface area contributed by atoms with Crippen molar-refractivity contribution in [1.29, 1.82) is 0 Å². The van der Waals surface area contributed by atoms with Gasteiger partial charge in [-0.05, 0) is 74.0 Å². The number of ketones is 1. The first kappa shape index (κ1) is 29.1. The number of aryl methyl sites for hydroxylation is 1. The predicted octanol–water partition coefficient (Wildman–Crippen LogP) is 3.33. The van der Waals surface area contributed by atoms with Gasteiger partial charge in [0, 0.05) is 35.1 Å². The molecule has 2 aliphatic rings. The summed E-state index contributed by atoms with van der Waals surface area (Å²) in [7, 11) is -1.98. The molecule has 5 rings (SSSR count). The lowest BCUT2D eigenvalue weighted by Gasteiger charge is -2.35. The molecule has 10 nitrogen and oxygen atoms in total. The van der Waals surface area contributed by atoms with Gasteiger partial charge in [0.1, 0.15) is 12.1 Å². The smallest absolute Gasteiger partial charge is 0.333 e. The highest BCUT2D eigenvalue weighted by Gasteiger charge is 2.34. The molecule has 2 aromatic heterocycles. The van der Waals surface area contributed by atoms with E-state index in [1.165, 1.54) is 29.4 Å². The standard InChI is InChI=1S/C27H32ClN5O5S2/c1-15-20(25-21-9-19(28)4-3-17(21)5-6-33(25)2)10-24(39-15)26(35)22-12-30-14-32-27(22)31-11-16-7-18(23(34)8-16)13-38-40(29,36)37/h3-4,9-10,12,14,16,18,23,25,34H,5-8,11,13H2,1-2H3,(H2,29,36,37)(H,30,31,32)/t16-,18-,23+,25+/m1/s1. The summed E-state index contributed by atoms with van der Waals surface area (Å²) in [4.78, 5) is 26.1. The quantitative estimate of drug-likeness (QED) is 0.312. The fourth-order valence-corrected chi connectivity index (χ4v) is 7.30. The first-order valence-electron chi connectivity index (χ1n) is 13.0. The van der Waals surface area contributed by atoms with Crippen LogP contribution in [0, 0.1) is 18.8 Å². The summed E-state index contributed by atoms with van der Waals surface area (Å²) in [6.45, 7) is 3.22. The van der Waals surface area contributed by atoms with Crippen molar-refractivity contribution in [3.05, 3.63) is 73.8 Å². The molecule has 0 saturated heterocycles. The Morgan fingerprint density at radius 2 is 2.10 bits per heavy atom. The van der Waals surface area contributed by atoms with Gasteiger partial charge >= 0.3 is 10.3 Å². The van der Waals surface area contributed by atoms with Crippen molar-refractivity contribution < 1.29 is 22.5 Å². The van der Waals surface area contributed by atoms with Gasteiger partial charge in [-0.15, -0.1) is 11.3 Å². The molecule has 1 aliphatic carbocycles. The second-order valence-electron chi connectivity index (χ2n) is 10.5. The van der Waals surface area contributed by atoms with E-state index in [0.717, 1.165) is 29.0 Å². The number of carbonyl (C=O) groups excluding carboxylic acids is 1. The molecule has 4 N–H and O–H groups in total. The van der Waals surface area contributed by atoms with Crippen LogP contribution in [0.2, 0.25) is 5.02 Å². The molecule has 1 aliphatic heterocycles. The highest BCUT2D eigenvalue weighted by Crippen LogP contribution is 2.40. The molecule has 13 heteroatoms. The Hall–Kier alpha value is -2.45. The Morgan fingerprint density at radius 1 is 1.30 bits per heavy atom. The van der Waals surface area contributed by atoms with Crippen molar-refractivity contribution in [3.8, 4) is 0 Å². The van der Waals surface area contributed by atoms with E-state index in [1.807, 2.05) is 25.1 Å². The molecule has 0 amide bonds. The van der Waals surface area contributed by atoms with E-state index >= 15 is 0 Å². The van der Waals surface area contributed by atoms with Crippen LogP contribution in [0.15, 0.2) is 36.8 Å². The third-order valence-electron chi connectivity index (χ3n) is 7.77. The van der Waals surface area contributed by atoms with Crippen LogP contribution >= 0.6 is 22.9 Å². The van der Waals surface area contributed by atoms with Crippen LogP contribution in [-0.4, -0.2) is 67.0 Å². The minimum Gasteiger partial charge on any atom is -0.393 e. The van der Waals surface area contributed by atoms with E-state index in [4.69, 9.17) is 16.7 Å². The number of halogens is 1. The van der Waals surface area contributed by atoms with Crippen LogP contribution in [0.25, 0.3) is 0 Å². The van der Waals surface area contributed by atoms with Crippen LogP contribution in [0.3, 0.4) is 0 Å². The molecule has 1 saturated carbocycles. The van der Waals surface area contributed by atoms with Crippen molar-refractivity contribution in [2.75, 3.05) is 32.1 Å². The molecule has 0 radical (unpaired) electrons. The van der Waals surface area contributed by atoms with Crippen LogP contribution in [-0.2, 0) is 20.9 Å². The van der Waals surface area contributed by atoms with Crippen LogP contribution in [0.1, 0.15) is 55.7 Å². The lowest BCUT2D eigenvalue weighted by atomic mass is 9.88. The Balaban J connectivity index is 1.32. The van der Waals surface area contributed by atoms with Gasteiger partial charge in [0.25, 0.3) is 0 Å². The van der Waals surface area contributed by atoms with Gasteiger partial charge in [-0.25, -0.2) is 15.1 Å². The molecular weight excluding hydrogens is 574 g/mol. The van der Waals surface area contributed by atoms with Crippen LogP contribution < -0.4 is 10.5 Å². The number of thiophene rings is 1. The van der Waals surface area contributed by atoms with Gasteiger partial charge in [0.05, 0.1) is 29.2 Å². The Kier molecular flexibility index (Phi) is 8.58. The molecule has 1 aromatic carbocycles. The normalized spacial score (nSPS) is 23.2. The molecule has 40 heavy (non-hydrogen) atoms. The van der Waals surface area contributed by atoms with Crippen LogP contribution in [0.5, 0.6) is 0 Å². The molecular formula is C27H32ClN5O5S2. The third kappa shape index (κ3) is 6.38. The molecule has 0 spiro atoms. The van der Waals surface area contributed by atoms with Gasteiger partial charge in [0.15, 0.2) is 0 Å². The fourth-order valence-electron chi connectivity index (χ4n) is 5.75. The number of aliphatic hydroxyl groups is 1. The van der Waals surface area contributed by atoms with Gasteiger partial charge < -0.3 is 10.4 Å². The minimum absolute atomic E-state index is 0.00449. The number of nitrogens with one attached hydrogen (secondary N) is 1. The molecule has 4 atom stereocenters. The second-order valence-corrected chi connectivity index (χ2v) is 13.4. The average molecular weight is 606 g/mol. The first-order valence-corrected chi connectivity index (χ1v) is 15.7. The first-order chi connectivity index (χ1) is 19.0. The monoisotopic (exact) mass is 605 g/mol. The van der Waals surface area contributed by atoms with E-state index in [-0.39, 0.29) is 30.3 Å². The zero-order valence-corrected chi connectivity index (χ0v) is 24.6. The number of rotatable bonds is 9. The topological polar surface area (TPSA) is 148 Å². The molecule has 3 aromatic rings. The number of benzene rings is 1. The molecule has 0 bridgehead atoms. The highest BCUT2D eigenvalue weighted by atomic mass is 35.5. The molecule has 1 fully saturated rings. The summed E-state index contributed by atoms with van der Waals surface area (Å²) in [5, 5.41) is 19.2. The zero-order valence-electron chi connectivity index (χ0n) is 22.2. The molecule has 214 valence electrons. The maximum Gasteiger partial charge on any atom is 0.333 e. The summed E-state index contributed by atoms with van der Waals surface area (Å²) < 4.78 is 26.9. The van der Waals surface area contributed by atoms with Crippen molar-refractivity contribution in [2.24, 2.45) is 17.0 Å². The second kappa shape index (κ2) is 11.8. The van der Waals surface area contributed by atoms with Crippen molar-refractivity contribution in [3.63, 3.8) is 0 Å². The number of anilines is 1. The van der Waals surface area contributed by atoms with Crippen molar-refractivity contribution >= 4 is 44.8 Å². The maximum atomic E-state index is 13.7. The van der Waals surface area contributed by atoms with Crippen molar-refractivity contribution in [2.45, 2.75) is 38.3 Å². The Labute approximate surface area is 242 Å². The van der Waals surface area contributed by atoms with E-state index in [9.17, 15) is 18.3 Å². The number of hydrogen-bond donors (Lipinski definition) is 3. The van der Waals surface area contributed by atoms with E-state index in [1.54, 1.807) is 0 Å². The maximum absolute atomic E-state index is 13.7. The summed E-state index contributed by atoms with van der Waals surface area (Å²) in [6.07, 6.45) is 4.16. The predicted molar refractivity (Wildman–Crippen MR) is 154 cm³/mol. The van der Waals surface area contributed by atoms with Gasteiger partial charge in [-0.3, -0.25) is 13.9 Å². The Morgan fingerprint density at radius 3 is 2.88 bits per heavy atom. The average Bonchev–Trinajstić information content (AvgIpc) is 3.47. The number of carbonyl (C=O) groups is 1. The number of hydrogen-bond acceptors (Lipinski definition) is 10. The number of fused-ring (bicyclic) bond motifs is 1. The van der Waals surface area contributed by atoms with Crippen LogP contribution in [0.4, 0.5) is 5.82 Å². The molecule has 0 unspecified atom stereocenters. The largest absolute Gasteiger partial charge is 0.393 e. The summed E-state index contributed by atoms with van der Waals surface area (Å²) in [5.74, 6) is -0.0651. The number of nitrogens with zero attached hydrogens (tertiary/aromatic N) is 3. The lowest BCUT2D eigenvalue weighted by Crippen LogP contribution is -2.33. The number of likely N-dealkylation sites (N-methyl/N-ethyl adjacent to an activating group) is 1. The SMILES string of the molecule is Cc1sc(C(=O)c2cncnc2NC[C@@H]2C[C@H](COS(N)(=O)=O)[C@@H](O)C2)cc1[C@H]1c2cc(Cl)ccc2CCN1C. The summed E-state index contributed by atoms with van der Waals surface area (Å²) in [6, 6.07) is 8.01. The highest BCUT2D eigenvalue weighted by molar-refractivity contribution is 7.84. The molecule has 3 heterocycles. The van der Waals surface area contributed by atoms with Gasteiger partial charge in [-0.2, -0.15) is 8.42 Å². The minimum atomic E-state index is -4.07.